The van der Waals surface area contributed by atoms with Gasteiger partial charge in [-0.1, -0.05) is 36.9 Å². The second kappa shape index (κ2) is 5.89. The molecule has 0 bridgehead atoms. The van der Waals surface area contributed by atoms with Crippen molar-refractivity contribution in [2.24, 2.45) is 0 Å². The van der Waals surface area contributed by atoms with Gasteiger partial charge < -0.3 is 5.32 Å². The highest BCUT2D eigenvalue weighted by atomic mass is 32.1. The average Bonchev–Trinajstić information content (AvgIpc) is 2.98. The number of nitrogens with one attached hydrogen (secondary N) is 1. The van der Waals surface area contributed by atoms with E-state index in [4.69, 9.17) is 0 Å². The van der Waals surface area contributed by atoms with Gasteiger partial charge >= 0.3 is 0 Å². The topological polar surface area (TPSA) is 24.9 Å². The minimum absolute atomic E-state index is 0.248. The van der Waals surface area contributed by atoms with Crippen molar-refractivity contribution in [3.8, 4) is 11.3 Å². The summed E-state index contributed by atoms with van der Waals surface area (Å²) in [7, 11) is 0. The van der Waals surface area contributed by atoms with E-state index in [0.29, 0.717) is 0 Å². The summed E-state index contributed by atoms with van der Waals surface area (Å²) in [4.78, 5) is 4.54. The number of hydrogen-bond acceptors (Lipinski definition) is 3. The normalized spacial score (nSPS) is 10.3. The number of nitrogens with zero attached hydrogens (tertiary/aromatic N) is 1. The van der Waals surface area contributed by atoms with Crippen LogP contribution in [-0.4, -0.2) is 4.98 Å². The molecule has 0 saturated carbocycles. The van der Waals surface area contributed by atoms with E-state index in [1.165, 1.54) is 23.5 Å². The van der Waals surface area contributed by atoms with Gasteiger partial charge in [-0.05, 0) is 29.8 Å². The molecule has 3 aromatic rings. The fourth-order valence-corrected chi connectivity index (χ4v) is 2.65. The first-order valence-electron chi connectivity index (χ1n) is 6.45. The molecule has 0 saturated heterocycles. The van der Waals surface area contributed by atoms with Crippen molar-refractivity contribution < 1.29 is 4.39 Å². The number of hydrogen-bond donors (Lipinski definition) is 1. The SMILES string of the molecule is C=Cc1ccc(-c2csc(Nc3ccc(F)cc3)n2)cc1. The molecule has 104 valence electrons. The lowest BCUT2D eigenvalue weighted by Crippen LogP contribution is -1.89. The lowest BCUT2D eigenvalue weighted by molar-refractivity contribution is 0.628. The molecule has 3 rings (SSSR count). The second-order valence-electron chi connectivity index (χ2n) is 4.50. The minimum atomic E-state index is -0.248. The predicted molar refractivity (Wildman–Crippen MR) is 87.3 cm³/mol. The number of rotatable bonds is 4. The first-order valence-corrected chi connectivity index (χ1v) is 7.33. The van der Waals surface area contributed by atoms with Gasteiger partial charge in [-0.3, -0.25) is 0 Å². The zero-order valence-electron chi connectivity index (χ0n) is 11.2. The van der Waals surface area contributed by atoms with Gasteiger partial charge in [0, 0.05) is 16.6 Å². The molecule has 0 aliphatic rings. The molecular weight excluding hydrogens is 283 g/mol. The Bertz CT molecular complexity index is 745. The summed E-state index contributed by atoms with van der Waals surface area (Å²) in [6, 6.07) is 14.3. The Balaban J connectivity index is 1.79. The maximum Gasteiger partial charge on any atom is 0.187 e. The summed E-state index contributed by atoms with van der Waals surface area (Å²) in [5.41, 5.74) is 3.88. The lowest BCUT2D eigenvalue weighted by atomic mass is 10.1. The summed E-state index contributed by atoms with van der Waals surface area (Å²) in [6.45, 7) is 3.74. The number of aromatic nitrogens is 1. The van der Waals surface area contributed by atoms with Crippen molar-refractivity contribution in [1.29, 1.82) is 0 Å². The molecule has 0 fully saturated rings. The van der Waals surface area contributed by atoms with Crippen LogP contribution in [0.5, 0.6) is 0 Å². The van der Waals surface area contributed by atoms with Crippen molar-refractivity contribution in [3.63, 3.8) is 0 Å². The van der Waals surface area contributed by atoms with Crippen LogP contribution in [-0.2, 0) is 0 Å². The number of benzene rings is 2. The van der Waals surface area contributed by atoms with E-state index in [0.717, 1.165) is 27.6 Å². The smallest absolute Gasteiger partial charge is 0.187 e. The molecule has 1 aromatic heterocycles. The van der Waals surface area contributed by atoms with E-state index in [-0.39, 0.29) is 5.82 Å². The van der Waals surface area contributed by atoms with Crippen molar-refractivity contribution in [2.75, 3.05) is 5.32 Å². The van der Waals surface area contributed by atoms with Crippen molar-refractivity contribution in [1.82, 2.24) is 4.98 Å². The molecule has 1 N–H and O–H groups in total. The van der Waals surface area contributed by atoms with Gasteiger partial charge in [-0.15, -0.1) is 11.3 Å². The zero-order valence-corrected chi connectivity index (χ0v) is 12.0. The van der Waals surface area contributed by atoms with Gasteiger partial charge in [0.2, 0.25) is 0 Å². The molecule has 1 heterocycles. The maximum absolute atomic E-state index is 12.9. The third-order valence-electron chi connectivity index (χ3n) is 3.04. The first kappa shape index (κ1) is 13.5. The maximum atomic E-state index is 12.9. The Morgan fingerprint density at radius 1 is 1.05 bits per heavy atom. The monoisotopic (exact) mass is 296 g/mol. The van der Waals surface area contributed by atoms with Gasteiger partial charge in [0.1, 0.15) is 5.82 Å². The summed E-state index contributed by atoms with van der Waals surface area (Å²) < 4.78 is 12.9. The summed E-state index contributed by atoms with van der Waals surface area (Å²) in [5.74, 6) is -0.248. The average molecular weight is 296 g/mol. The molecule has 0 amide bonds. The molecule has 4 heteroatoms. The van der Waals surface area contributed by atoms with Crippen molar-refractivity contribution >= 4 is 28.2 Å². The van der Waals surface area contributed by atoms with E-state index < -0.39 is 0 Å². The third-order valence-corrected chi connectivity index (χ3v) is 3.80. The van der Waals surface area contributed by atoms with Crippen molar-refractivity contribution in [2.45, 2.75) is 0 Å². The van der Waals surface area contributed by atoms with Crippen LogP contribution in [0.2, 0.25) is 0 Å². The molecular formula is C17H13FN2S. The van der Waals surface area contributed by atoms with E-state index in [1.807, 2.05) is 35.7 Å². The van der Waals surface area contributed by atoms with Crippen LogP contribution in [0.3, 0.4) is 0 Å². The Kier molecular flexibility index (Phi) is 3.79. The van der Waals surface area contributed by atoms with Crippen LogP contribution in [0.15, 0.2) is 60.5 Å². The van der Waals surface area contributed by atoms with Crippen molar-refractivity contribution in [3.05, 3.63) is 71.9 Å². The summed E-state index contributed by atoms with van der Waals surface area (Å²) in [5, 5.41) is 5.95. The highest BCUT2D eigenvalue weighted by Crippen LogP contribution is 2.27. The molecule has 0 aliphatic heterocycles. The lowest BCUT2D eigenvalue weighted by Gasteiger charge is -2.01. The van der Waals surface area contributed by atoms with E-state index >= 15 is 0 Å². The number of anilines is 2. The molecule has 0 aliphatic carbocycles. The Morgan fingerprint density at radius 3 is 2.43 bits per heavy atom. The van der Waals surface area contributed by atoms with E-state index in [1.54, 1.807) is 12.1 Å². The quantitative estimate of drug-likeness (QED) is 0.703. The van der Waals surface area contributed by atoms with Crippen LogP contribution in [0, 0.1) is 5.82 Å². The molecule has 2 nitrogen and oxygen atoms in total. The molecule has 0 atom stereocenters. The van der Waals surface area contributed by atoms with Gasteiger partial charge in [-0.25, -0.2) is 9.37 Å². The Morgan fingerprint density at radius 2 is 1.76 bits per heavy atom. The van der Waals surface area contributed by atoms with Crippen LogP contribution >= 0.6 is 11.3 Å². The van der Waals surface area contributed by atoms with E-state index in [2.05, 4.69) is 16.9 Å². The van der Waals surface area contributed by atoms with Gasteiger partial charge in [0.25, 0.3) is 0 Å². The number of thiazole rings is 1. The fraction of sp³-hybridized carbons (Fsp3) is 0. The second-order valence-corrected chi connectivity index (χ2v) is 5.35. The largest absolute Gasteiger partial charge is 0.332 e. The minimum Gasteiger partial charge on any atom is -0.332 e. The zero-order chi connectivity index (χ0) is 14.7. The third kappa shape index (κ3) is 3.17. The number of halogens is 1. The van der Waals surface area contributed by atoms with Crippen LogP contribution in [0.4, 0.5) is 15.2 Å². The Labute approximate surface area is 126 Å². The standard InChI is InChI=1S/C17H13FN2S/c1-2-12-3-5-13(6-4-12)16-11-21-17(20-16)19-15-9-7-14(18)8-10-15/h2-11H,1H2,(H,19,20). The predicted octanol–water partition coefficient (Wildman–Crippen LogP) is 5.34. The fourth-order valence-electron chi connectivity index (χ4n) is 1.91. The highest BCUT2D eigenvalue weighted by molar-refractivity contribution is 7.14. The van der Waals surface area contributed by atoms with Crippen LogP contribution in [0.25, 0.3) is 17.3 Å². The van der Waals surface area contributed by atoms with Gasteiger partial charge in [-0.2, -0.15) is 0 Å². The molecule has 2 aromatic carbocycles. The van der Waals surface area contributed by atoms with Crippen LogP contribution < -0.4 is 5.32 Å². The summed E-state index contributed by atoms with van der Waals surface area (Å²) in [6.07, 6.45) is 1.81. The van der Waals surface area contributed by atoms with Crippen LogP contribution in [0.1, 0.15) is 5.56 Å². The Hall–Kier alpha value is -2.46. The van der Waals surface area contributed by atoms with Gasteiger partial charge in [0.05, 0.1) is 5.69 Å². The summed E-state index contributed by atoms with van der Waals surface area (Å²) >= 11 is 1.52. The molecule has 0 radical (unpaired) electrons. The highest BCUT2D eigenvalue weighted by Gasteiger charge is 2.05. The van der Waals surface area contributed by atoms with E-state index in [9.17, 15) is 4.39 Å². The molecule has 0 unspecified atom stereocenters. The molecule has 21 heavy (non-hydrogen) atoms. The molecule has 0 spiro atoms. The van der Waals surface area contributed by atoms with Gasteiger partial charge in [0.15, 0.2) is 5.13 Å². The first-order chi connectivity index (χ1) is 10.2.